The van der Waals surface area contributed by atoms with Crippen LogP contribution in [-0.4, -0.2) is 18.2 Å². The maximum absolute atomic E-state index is 12.6. The minimum Gasteiger partial charge on any atom is -0.286 e. The van der Waals surface area contributed by atoms with Gasteiger partial charge in [0.05, 0.1) is 0 Å². The largest absolute Gasteiger partial charge is 0.453 e. The summed E-state index contributed by atoms with van der Waals surface area (Å²) >= 11 is 0. The number of benzene rings is 1. The first-order chi connectivity index (χ1) is 7.97. The molecule has 0 saturated carbocycles. The topological polar surface area (TPSA) is 29.4 Å². The molecule has 1 aromatic rings. The van der Waals surface area contributed by atoms with Gasteiger partial charge in [-0.1, -0.05) is 30.3 Å². The fourth-order valence-corrected chi connectivity index (χ4v) is 1.73. The van der Waals surface area contributed by atoms with Crippen LogP contribution in [0, 0.1) is 0 Å². The molecule has 1 atom stereocenters. The molecule has 0 aromatic heterocycles. The fraction of sp³-hybridized carbons (Fsp3) is 0.167. The number of rotatable bonds is 2. The fourth-order valence-electron chi connectivity index (χ4n) is 1.73. The van der Waals surface area contributed by atoms with Gasteiger partial charge >= 0.3 is 6.18 Å². The molecule has 17 heavy (non-hydrogen) atoms. The second-order valence-electron chi connectivity index (χ2n) is 3.60. The van der Waals surface area contributed by atoms with Crippen molar-refractivity contribution >= 4 is 12.0 Å². The lowest BCUT2D eigenvalue weighted by molar-refractivity contribution is -0.175. The lowest BCUT2D eigenvalue weighted by Crippen LogP contribution is -2.41. The van der Waals surface area contributed by atoms with Gasteiger partial charge in [0, 0.05) is 6.21 Å². The Morgan fingerprint density at radius 3 is 2.29 bits per heavy atom. The van der Waals surface area contributed by atoms with E-state index in [4.69, 9.17) is 0 Å². The molecule has 1 aromatic carbocycles. The van der Waals surface area contributed by atoms with E-state index < -0.39 is 17.5 Å². The average Bonchev–Trinajstić information content (AvgIpc) is 2.78. The quantitative estimate of drug-likeness (QED) is 0.780. The van der Waals surface area contributed by atoms with E-state index in [2.05, 4.69) is 4.99 Å². The highest BCUT2D eigenvalue weighted by molar-refractivity contribution is 6.00. The van der Waals surface area contributed by atoms with Crippen LogP contribution in [0.5, 0.6) is 0 Å². The van der Waals surface area contributed by atoms with Gasteiger partial charge < -0.3 is 0 Å². The van der Waals surface area contributed by atoms with Gasteiger partial charge in [-0.05, 0) is 17.7 Å². The summed E-state index contributed by atoms with van der Waals surface area (Å²) in [6.07, 6.45) is -1.20. The van der Waals surface area contributed by atoms with Crippen LogP contribution in [0.25, 0.3) is 0 Å². The Hall–Kier alpha value is -1.91. The molecule has 0 spiro atoms. The van der Waals surface area contributed by atoms with Crippen molar-refractivity contribution in [2.45, 2.75) is 11.7 Å². The first kappa shape index (κ1) is 11.6. The van der Waals surface area contributed by atoms with E-state index >= 15 is 0 Å². The predicted octanol–water partition coefficient (Wildman–Crippen LogP) is 2.65. The molecule has 1 aliphatic heterocycles. The van der Waals surface area contributed by atoms with Gasteiger partial charge in [-0.15, -0.1) is 0 Å². The van der Waals surface area contributed by atoms with Gasteiger partial charge in [0.25, 0.3) is 5.78 Å². The van der Waals surface area contributed by atoms with Crippen LogP contribution < -0.4 is 0 Å². The number of carbonyl (C=O) groups is 1. The molecule has 0 N–H and O–H groups in total. The van der Waals surface area contributed by atoms with E-state index in [0.29, 0.717) is 0 Å². The smallest absolute Gasteiger partial charge is 0.286 e. The van der Waals surface area contributed by atoms with Gasteiger partial charge in [-0.25, -0.2) is 0 Å². The summed E-state index contributed by atoms with van der Waals surface area (Å²) in [5.74, 6) is -1.87. The summed E-state index contributed by atoms with van der Waals surface area (Å²) in [6.45, 7) is 0. The zero-order chi connectivity index (χ0) is 12.5. The molecular formula is C12H8F3NO. The molecule has 5 heteroatoms. The van der Waals surface area contributed by atoms with Crippen LogP contribution >= 0.6 is 0 Å². The Kier molecular flexibility index (Phi) is 2.61. The van der Waals surface area contributed by atoms with E-state index in [-0.39, 0.29) is 5.56 Å². The first-order valence-corrected chi connectivity index (χ1v) is 4.87. The Bertz CT molecular complexity index is 476. The molecule has 0 saturated heterocycles. The summed E-state index contributed by atoms with van der Waals surface area (Å²) in [6, 6.07) is 7.72. The number of ketones is 1. The van der Waals surface area contributed by atoms with Crippen molar-refractivity contribution in [3.63, 3.8) is 0 Å². The van der Waals surface area contributed by atoms with Crippen LogP contribution in [0.4, 0.5) is 13.2 Å². The third-order valence-electron chi connectivity index (χ3n) is 2.52. The van der Waals surface area contributed by atoms with Crippen molar-refractivity contribution in [1.82, 2.24) is 0 Å². The van der Waals surface area contributed by atoms with Gasteiger partial charge in [-0.2, -0.15) is 13.2 Å². The third kappa shape index (κ3) is 1.88. The second kappa shape index (κ2) is 3.84. The Labute approximate surface area is 95.5 Å². The van der Waals surface area contributed by atoms with Crippen LogP contribution in [0.2, 0.25) is 0 Å². The minimum absolute atomic E-state index is 0.215. The summed E-state index contributed by atoms with van der Waals surface area (Å²) < 4.78 is 37.7. The van der Waals surface area contributed by atoms with Crippen molar-refractivity contribution in [3.05, 3.63) is 48.0 Å². The van der Waals surface area contributed by atoms with Crippen LogP contribution in [0.1, 0.15) is 5.56 Å². The monoisotopic (exact) mass is 239 g/mol. The van der Waals surface area contributed by atoms with E-state index in [1.807, 2.05) is 0 Å². The predicted molar refractivity (Wildman–Crippen MR) is 56.8 cm³/mol. The standard InChI is InChI=1S/C12H8F3NO/c13-12(14,15)10(17)11(7-4-8-16-11)9-5-2-1-3-6-9/h1-8H. The molecule has 1 aliphatic rings. The molecule has 0 amide bonds. The van der Waals surface area contributed by atoms with Crippen molar-refractivity contribution in [1.29, 1.82) is 0 Å². The van der Waals surface area contributed by atoms with Crippen LogP contribution in [0.15, 0.2) is 47.5 Å². The number of alkyl halides is 3. The molecular weight excluding hydrogens is 231 g/mol. The van der Waals surface area contributed by atoms with E-state index in [1.165, 1.54) is 24.4 Å². The molecule has 0 bridgehead atoms. The number of halogens is 3. The summed E-state index contributed by atoms with van der Waals surface area (Å²) in [7, 11) is 0. The van der Waals surface area contributed by atoms with E-state index in [1.54, 1.807) is 18.2 Å². The lowest BCUT2D eigenvalue weighted by atomic mass is 9.86. The molecule has 1 heterocycles. The number of allylic oxidation sites excluding steroid dienone is 1. The highest BCUT2D eigenvalue weighted by atomic mass is 19.4. The van der Waals surface area contributed by atoms with Crippen molar-refractivity contribution in [2.75, 3.05) is 0 Å². The highest BCUT2D eigenvalue weighted by Gasteiger charge is 2.53. The second-order valence-corrected chi connectivity index (χ2v) is 3.60. The van der Waals surface area contributed by atoms with E-state index in [0.717, 1.165) is 6.08 Å². The molecule has 0 aliphatic carbocycles. The van der Waals surface area contributed by atoms with Crippen LogP contribution in [0.3, 0.4) is 0 Å². The maximum atomic E-state index is 12.6. The summed E-state index contributed by atoms with van der Waals surface area (Å²) in [4.78, 5) is 15.2. The summed E-state index contributed by atoms with van der Waals surface area (Å²) in [5, 5.41) is 0. The number of nitrogens with zero attached hydrogens (tertiary/aromatic N) is 1. The molecule has 2 rings (SSSR count). The molecule has 0 fully saturated rings. The molecule has 88 valence electrons. The number of hydrogen-bond donors (Lipinski definition) is 0. The van der Waals surface area contributed by atoms with Gasteiger partial charge in [0.2, 0.25) is 0 Å². The van der Waals surface area contributed by atoms with Crippen molar-refractivity contribution in [2.24, 2.45) is 4.99 Å². The minimum atomic E-state index is -4.91. The zero-order valence-corrected chi connectivity index (χ0v) is 8.61. The number of hydrogen-bond acceptors (Lipinski definition) is 2. The first-order valence-electron chi connectivity index (χ1n) is 4.87. The normalized spacial score (nSPS) is 23.0. The SMILES string of the molecule is O=C(C(F)(F)F)C1(c2ccccc2)C=CC=N1. The van der Waals surface area contributed by atoms with Crippen molar-refractivity contribution < 1.29 is 18.0 Å². The highest BCUT2D eigenvalue weighted by Crippen LogP contribution is 2.37. The van der Waals surface area contributed by atoms with E-state index in [9.17, 15) is 18.0 Å². The van der Waals surface area contributed by atoms with Gasteiger partial charge in [-0.3, -0.25) is 9.79 Å². The third-order valence-corrected chi connectivity index (χ3v) is 2.52. The molecule has 2 nitrogen and oxygen atoms in total. The van der Waals surface area contributed by atoms with Gasteiger partial charge in [0.15, 0.2) is 5.54 Å². The number of Topliss-reactive ketones (excluding diaryl/α,β-unsaturated/α-hetero) is 1. The summed E-state index contributed by atoms with van der Waals surface area (Å²) in [5.41, 5.74) is -1.73. The number of carbonyl (C=O) groups excluding carboxylic acids is 1. The van der Waals surface area contributed by atoms with Gasteiger partial charge in [0.1, 0.15) is 0 Å². The van der Waals surface area contributed by atoms with Crippen molar-refractivity contribution in [3.8, 4) is 0 Å². The lowest BCUT2D eigenvalue weighted by Gasteiger charge is -2.24. The Morgan fingerprint density at radius 1 is 1.18 bits per heavy atom. The molecule has 1 unspecified atom stereocenters. The number of aliphatic imine (C=N–C) groups is 1. The Morgan fingerprint density at radius 2 is 1.82 bits per heavy atom. The zero-order valence-electron chi connectivity index (χ0n) is 8.61. The molecule has 0 radical (unpaired) electrons. The average molecular weight is 239 g/mol. The maximum Gasteiger partial charge on any atom is 0.453 e. The Balaban J connectivity index is 2.53. The van der Waals surface area contributed by atoms with Crippen LogP contribution in [-0.2, 0) is 10.3 Å².